The van der Waals surface area contributed by atoms with E-state index in [-0.39, 0.29) is 31.1 Å². The zero-order valence-corrected chi connectivity index (χ0v) is 48.4. The van der Waals surface area contributed by atoms with Gasteiger partial charge in [0.05, 0.1) is 0 Å². The van der Waals surface area contributed by atoms with Crippen LogP contribution in [0.1, 0.15) is 316 Å². The first kappa shape index (κ1) is 69.8. The molecule has 0 aliphatic rings. The number of ether oxygens (including phenoxy) is 3. The third-order valence-electron chi connectivity index (χ3n) is 13.7. The Balaban J connectivity index is 4.40. The van der Waals surface area contributed by atoms with Crippen LogP contribution in [-0.2, 0) is 28.6 Å². The molecule has 1 unspecified atom stereocenters. The fourth-order valence-corrected chi connectivity index (χ4v) is 8.89. The summed E-state index contributed by atoms with van der Waals surface area (Å²) in [7, 11) is 0. The molecule has 0 aromatic rings. The fraction of sp³-hybridized carbons (Fsp3) is 0.776. The van der Waals surface area contributed by atoms with Crippen LogP contribution >= 0.6 is 0 Å². The molecule has 6 heteroatoms. The van der Waals surface area contributed by atoms with Gasteiger partial charge in [-0.1, -0.05) is 254 Å². The summed E-state index contributed by atoms with van der Waals surface area (Å²) < 4.78 is 16.9. The molecule has 1 atom stereocenters. The number of carbonyl (C=O) groups excluding carboxylic acids is 3. The van der Waals surface area contributed by atoms with E-state index in [2.05, 4.69) is 93.7 Å². The van der Waals surface area contributed by atoms with E-state index in [1.807, 2.05) is 0 Å². The molecule has 0 N–H and O–H groups in total. The van der Waals surface area contributed by atoms with E-state index < -0.39 is 6.10 Å². The van der Waals surface area contributed by atoms with Gasteiger partial charge in [-0.3, -0.25) is 14.4 Å². The van der Waals surface area contributed by atoms with Crippen molar-refractivity contribution < 1.29 is 28.6 Å². The number of unbranched alkanes of at least 4 members (excludes halogenated alkanes) is 34. The van der Waals surface area contributed by atoms with E-state index in [0.29, 0.717) is 19.3 Å². The minimum Gasteiger partial charge on any atom is -0.462 e. The Morgan fingerprint density at radius 3 is 0.767 bits per heavy atom. The molecular formula is C67H118O6. The summed E-state index contributed by atoms with van der Waals surface area (Å²) in [6.07, 6.45) is 78.9. The van der Waals surface area contributed by atoms with Gasteiger partial charge < -0.3 is 14.2 Å². The molecule has 0 aromatic heterocycles. The second-order valence-corrected chi connectivity index (χ2v) is 21.0. The van der Waals surface area contributed by atoms with E-state index in [1.54, 1.807) is 0 Å². The molecule has 0 heterocycles. The molecule has 0 aliphatic heterocycles. The highest BCUT2D eigenvalue weighted by Crippen LogP contribution is 2.15. The molecule has 0 aromatic carbocycles. The number of allylic oxidation sites excluding steroid dienone is 12. The van der Waals surface area contributed by atoms with E-state index in [9.17, 15) is 14.4 Å². The van der Waals surface area contributed by atoms with E-state index in [0.717, 1.165) is 96.3 Å². The van der Waals surface area contributed by atoms with Gasteiger partial charge in [-0.2, -0.15) is 0 Å². The Hall–Kier alpha value is -3.15. The van der Waals surface area contributed by atoms with E-state index in [4.69, 9.17) is 14.2 Å². The lowest BCUT2D eigenvalue weighted by molar-refractivity contribution is -0.167. The van der Waals surface area contributed by atoms with Crippen LogP contribution in [0.3, 0.4) is 0 Å². The molecule has 0 fully saturated rings. The number of rotatable bonds is 57. The molecule has 0 aliphatic carbocycles. The standard InChI is InChI=1S/C67H118O6/c1-4-7-10-13-16-19-22-25-28-31-33-34-35-37-39-42-45-48-51-54-57-60-66(69)72-63-64(62-71-65(68)59-56-53-50-47-44-41-38-30-27-24-21-18-15-12-9-6-3)73-67(70)61-58-55-52-49-46-43-40-36-32-29-26-23-20-17-14-11-8-5-2/h20-25,29-33,38,64H,4-19,26-28,34-37,39-63H2,1-3H3/b23-20-,24-21-,25-22-,32-29-,33-31-,38-30-. The maximum atomic E-state index is 12.9. The largest absolute Gasteiger partial charge is 0.462 e. The predicted octanol–water partition coefficient (Wildman–Crippen LogP) is 21.3. The molecule has 0 saturated carbocycles. The second kappa shape index (κ2) is 61.4. The quantitative estimate of drug-likeness (QED) is 0.0261. The van der Waals surface area contributed by atoms with Crippen LogP contribution in [0.4, 0.5) is 0 Å². The minimum absolute atomic E-state index is 0.0846. The zero-order valence-electron chi connectivity index (χ0n) is 48.4. The SMILES string of the molecule is CCCCCC/C=C\C/C=C\CCCCCCCCCC(=O)OC(COC(=O)CCCCCCC/C=C\C/C=C\CCCCCC)COC(=O)CCCCCCCCCCC/C=C\C/C=C\CCCCCCC. The van der Waals surface area contributed by atoms with Crippen LogP contribution in [0.2, 0.25) is 0 Å². The predicted molar refractivity (Wildman–Crippen MR) is 316 cm³/mol. The number of carbonyl (C=O) groups is 3. The Morgan fingerprint density at radius 1 is 0.274 bits per heavy atom. The summed E-state index contributed by atoms with van der Waals surface area (Å²) >= 11 is 0. The van der Waals surface area contributed by atoms with Crippen molar-refractivity contribution in [2.75, 3.05) is 13.2 Å². The third-order valence-corrected chi connectivity index (χ3v) is 13.7. The van der Waals surface area contributed by atoms with Gasteiger partial charge in [-0.05, 0) is 116 Å². The molecule has 0 saturated heterocycles. The van der Waals surface area contributed by atoms with Crippen LogP contribution < -0.4 is 0 Å². The summed E-state index contributed by atoms with van der Waals surface area (Å²) in [6.45, 7) is 6.61. The van der Waals surface area contributed by atoms with Gasteiger partial charge in [0.15, 0.2) is 6.10 Å². The van der Waals surface area contributed by atoms with Gasteiger partial charge in [0.1, 0.15) is 13.2 Å². The summed E-state index contributed by atoms with van der Waals surface area (Å²) in [4.78, 5) is 38.3. The van der Waals surface area contributed by atoms with Gasteiger partial charge in [-0.25, -0.2) is 0 Å². The van der Waals surface area contributed by atoms with E-state index in [1.165, 1.54) is 180 Å². The van der Waals surface area contributed by atoms with Crippen molar-refractivity contribution in [3.05, 3.63) is 72.9 Å². The van der Waals surface area contributed by atoms with Crippen LogP contribution in [0.15, 0.2) is 72.9 Å². The van der Waals surface area contributed by atoms with Gasteiger partial charge >= 0.3 is 17.9 Å². The van der Waals surface area contributed by atoms with Gasteiger partial charge in [0.2, 0.25) is 0 Å². The Morgan fingerprint density at radius 2 is 0.493 bits per heavy atom. The van der Waals surface area contributed by atoms with Crippen LogP contribution in [-0.4, -0.2) is 37.2 Å². The lowest BCUT2D eigenvalue weighted by Crippen LogP contribution is -2.30. The van der Waals surface area contributed by atoms with Crippen molar-refractivity contribution in [2.24, 2.45) is 0 Å². The number of esters is 3. The van der Waals surface area contributed by atoms with Gasteiger partial charge in [-0.15, -0.1) is 0 Å². The molecule has 0 amide bonds. The van der Waals surface area contributed by atoms with Crippen molar-refractivity contribution in [3.8, 4) is 0 Å². The molecule has 422 valence electrons. The maximum Gasteiger partial charge on any atom is 0.306 e. The minimum atomic E-state index is -0.789. The third kappa shape index (κ3) is 59.6. The Bertz CT molecular complexity index is 1360. The lowest BCUT2D eigenvalue weighted by Gasteiger charge is -2.18. The summed E-state index contributed by atoms with van der Waals surface area (Å²) in [5, 5.41) is 0. The molecule has 0 radical (unpaired) electrons. The van der Waals surface area contributed by atoms with Gasteiger partial charge in [0.25, 0.3) is 0 Å². The number of hydrogen-bond donors (Lipinski definition) is 0. The maximum absolute atomic E-state index is 12.9. The van der Waals surface area contributed by atoms with Crippen molar-refractivity contribution in [3.63, 3.8) is 0 Å². The lowest BCUT2D eigenvalue weighted by atomic mass is 10.1. The molecule has 6 nitrogen and oxygen atoms in total. The summed E-state index contributed by atoms with van der Waals surface area (Å²) in [5.41, 5.74) is 0. The highest BCUT2D eigenvalue weighted by atomic mass is 16.6. The van der Waals surface area contributed by atoms with Crippen molar-refractivity contribution in [1.29, 1.82) is 0 Å². The van der Waals surface area contributed by atoms with Crippen LogP contribution in [0.5, 0.6) is 0 Å². The fourth-order valence-electron chi connectivity index (χ4n) is 8.89. The molecular weight excluding hydrogens is 901 g/mol. The Labute approximate surface area is 453 Å². The van der Waals surface area contributed by atoms with Crippen LogP contribution in [0, 0.1) is 0 Å². The summed E-state index contributed by atoms with van der Waals surface area (Å²) in [6, 6.07) is 0. The highest BCUT2D eigenvalue weighted by molar-refractivity contribution is 5.71. The van der Waals surface area contributed by atoms with Crippen molar-refractivity contribution >= 4 is 17.9 Å². The second-order valence-electron chi connectivity index (χ2n) is 21.0. The monoisotopic (exact) mass is 1020 g/mol. The molecule has 0 rings (SSSR count). The Kier molecular flexibility index (Phi) is 58.7. The van der Waals surface area contributed by atoms with Crippen LogP contribution in [0.25, 0.3) is 0 Å². The van der Waals surface area contributed by atoms with Crippen molar-refractivity contribution in [1.82, 2.24) is 0 Å². The average Bonchev–Trinajstić information content (AvgIpc) is 3.39. The molecule has 0 bridgehead atoms. The smallest absolute Gasteiger partial charge is 0.306 e. The zero-order chi connectivity index (χ0) is 52.9. The first-order chi connectivity index (χ1) is 36.0. The topological polar surface area (TPSA) is 78.9 Å². The highest BCUT2D eigenvalue weighted by Gasteiger charge is 2.19. The van der Waals surface area contributed by atoms with Gasteiger partial charge in [0, 0.05) is 19.3 Å². The van der Waals surface area contributed by atoms with E-state index >= 15 is 0 Å². The molecule has 73 heavy (non-hydrogen) atoms. The summed E-state index contributed by atoms with van der Waals surface area (Å²) in [5.74, 6) is -0.898. The first-order valence-corrected chi connectivity index (χ1v) is 31.4. The van der Waals surface area contributed by atoms with Crippen molar-refractivity contribution in [2.45, 2.75) is 322 Å². The number of hydrogen-bond acceptors (Lipinski definition) is 6. The average molecular weight is 1020 g/mol. The first-order valence-electron chi connectivity index (χ1n) is 31.4. The normalized spacial score (nSPS) is 12.5. The molecule has 0 spiro atoms.